The highest BCUT2D eigenvalue weighted by molar-refractivity contribution is 6.32. The van der Waals surface area contributed by atoms with E-state index >= 15 is 0 Å². The Bertz CT molecular complexity index is 986. The van der Waals surface area contributed by atoms with Crippen LogP contribution in [0.4, 0.5) is 0 Å². The molecule has 2 N–H and O–H groups in total. The predicted molar refractivity (Wildman–Crippen MR) is 95.5 cm³/mol. The molecule has 0 bridgehead atoms. The number of hydrogen-bond acceptors (Lipinski definition) is 5. The molecular weight excluding hydrogens is 356 g/mol. The zero-order valence-electron chi connectivity index (χ0n) is 14.3. The summed E-state index contributed by atoms with van der Waals surface area (Å²) < 4.78 is 10.8. The van der Waals surface area contributed by atoms with Gasteiger partial charge in [-0.3, -0.25) is 4.79 Å². The van der Waals surface area contributed by atoms with E-state index in [0.717, 1.165) is 22.3 Å². The number of H-pyrrole nitrogens is 1. The van der Waals surface area contributed by atoms with Crippen molar-refractivity contribution < 1.29 is 14.1 Å². The molecule has 134 valence electrons. The summed E-state index contributed by atoms with van der Waals surface area (Å²) in [6.45, 7) is 3.91. The van der Waals surface area contributed by atoms with Crippen LogP contribution < -0.4 is 10.1 Å². The van der Waals surface area contributed by atoms with Gasteiger partial charge in [-0.2, -0.15) is 5.26 Å². The van der Waals surface area contributed by atoms with E-state index in [2.05, 4.69) is 15.5 Å². The van der Waals surface area contributed by atoms with E-state index in [4.69, 9.17) is 26.1 Å². The zero-order chi connectivity index (χ0) is 18.7. The summed E-state index contributed by atoms with van der Waals surface area (Å²) in [5, 5.41) is 16.6. The molecule has 0 aliphatic rings. The average molecular weight is 373 g/mol. The highest BCUT2D eigenvalue weighted by Crippen LogP contribution is 2.31. The monoisotopic (exact) mass is 372 g/mol. The molecule has 0 aliphatic carbocycles. The Labute approximate surface area is 154 Å². The standard InChI is InChI=1S/C18H17ClN4O3/c1-10(7-20)18(24)21-8-13-4-12-5-15(19)17(6-16(12)22-13)25-9-14-3-11(2)23-26-14/h3-6,10,22H,8-9H2,1-2H3,(H,21,24)/t10-/m1/s1. The molecule has 0 unspecified atom stereocenters. The fraction of sp³-hybridized carbons (Fsp3) is 0.278. The molecule has 1 atom stereocenters. The Hall–Kier alpha value is -2.98. The van der Waals surface area contributed by atoms with Gasteiger partial charge in [0.1, 0.15) is 18.3 Å². The highest BCUT2D eigenvalue weighted by atomic mass is 35.5. The molecule has 0 fully saturated rings. The van der Waals surface area contributed by atoms with E-state index in [1.54, 1.807) is 25.1 Å². The molecule has 3 rings (SSSR count). The number of nitrogens with zero attached hydrogens (tertiary/aromatic N) is 2. The fourth-order valence-electron chi connectivity index (χ4n) is 2.43. The van der Waals surface area contributed by atoms with Crippen molar-refractivity contribution in [1.82, 2.24) is 15.5 Å². The number of halogens is 1. The van der Waals surface area contributed by atoms with Crippen LogP contribution in [0, 0.1) is 24.2 Å². The van der Waals surface area contributed by atoms with E-state index in [1.807, 2.05) is 19.1 Å². The summed E-state index contributed by atoms with van der Waals surface area (Å²) in [5.74, 6) is 0.132. The predicted octanol–water partition coefficient (Wildman–Crippen LogP) is 3.47. The van der Waals surface area contributed by atoms with Crippen molar-refractivity contribution in [3.8, 4) is 11.8 Å². The molecular formula is C18H17ClN4O3. The Morgan fingerprint density at radius 2 is 2.27 bits per heavy atom. The van der Waals surface area contributed by atoms with Gasteiger partial charge >= 0.3 is 0 Å². The number of nitrogens with one attached hydrogen (secondary N) is 2. The molecule has 0 aliphatic heterocycles. The van der Waals surface area contributed by atoms with Crippen LogP contribution in [0.3, 0.4) is 0 Å². The van der Waals surface area contributed by atoms with E-state index in [-0.39, 0.29) is 12.5 Å². The summed E-state index contributed by atoms with van der Waals surface area (Å²) in [5.41, 5.74) is 2.42. The Morgan fingerprint density at radius 3 is 2.96 bits per heavy atom. The largest absolute Gasteiger partial charge is 0.484 e. The quantitative estimate of drug-likeness (QED) is 0.689. The van der Waals surface area contributed by atoms with Crippen LogP contribution in [0.25, 0.3) is 10.9 Å². The van der Waals surface area contributed by atoms with Gasteiger partial charge in [0.2, 0.25) is 5.91 Å². The number of carbonyl (C=O) groups is 1. The van der Waals surface area contributed by atoms with Gasteiger partial charge in [0, 0.05) is 28.7 Å². The molecule has 0 spiro atoms. The van der Waals surface area contributed by atoms with Gasteiger partial charge in [0.05, 0.1) is 23.3 Å². The van der Waals surface area contributed by atoms with Crippen LogP contribution in [-0.2, 0) is 17.9 Å². The number of rotatable bonds is 6. The molecule has 26 heavy (non-hydrogen) atoms. The first-order chi connectivity index (χ1) is 12.5. The van der Waals surface area contributed by atoms with E-state index < -0.39 is 5.92 Å². The van der Waals surface area contributed by atoms with Crippen LogP contribution in [0.15, 0.2) is 28.8 Å². The first-order valence-electron chi connectivity index (χ1n) is 7.99. The lowest BCUT2D eigenvalue weighted by Crippen LogP contribution is -2.27. The van der Waals surface area contributed by atoms with Crippen LogP contribution in [0.5, 0.6) is 5.75 Å². The third-order valence-corrected chi connectivity index (χ3v) is 4.11. The normalized spacial score (nSPS) is 11.9. The van der Waals surface area contributed by atoms with E-state index in [9.17, 15) is 4.79 Å². The van der Waals surface area contributed by atoms with Gasteiger partial charge in [0.15, 0.2) is 5.76 Å². The number of carbonyl (C=O) groups excluding carboxylic acids is 1. The van der Waals surface area contributed by atoms with Crippen LogP contribution in [-0.4, -0.2) is 16.0 Å². The number of hydrogen-bond donors (Lipinski definition) is 2. The number of benzene rings is 1. The van der Waals surface area contributed by atoms with Gasteiger partial charge in [-0.05, 0) is 26.0 Å². The summed E-state index contributed by atoms with van der Waals surface area (Å²) in [6, 6.07) is 9.17. The van der Waals surface area contributed by atoms with Gasteiger partial charge in [0.25, 0.3) is 0 Å². The number of nitriles is 1. The fourth-order valence-corrected chi connectivity index (χ4v) is 2.65. The van der Waals surface area contributed by atoms with E-state index in [1.165, 1.54) is 0 Å². The third kappa shape index (κ3) is 3.98. The second-order valence-corrected chi connectivity index (χ2v) is 6.36. The Kier molecular flexibility index (Phi) is 5.14. The maximum Gasteiger partial charge on any atom is 0.237 e. The molecule has 7 nitrogen and oxygen atoms in total. The van der Waals surface area contributed by atoms with Crippen LogP contribution in [0.1, 0.15) is 24.1 Å². The lowest BCUT2D eigenvalue weighted by Gasteiger charge is -2.06. The highest BCUT2D eigenvalue weighted by Gasteiger charge is 2.13. The Balaban J connectivity index is 1.71. The molecule has 3 aromatic rings. The molecule has 0 saturated carbocycles. The lowest BCUT2D eigenvalue weighted by atomic mass is 10.2. The first-order valence-corrected chi connectivity index (χ1v) is 8.37. The molecule has 1 amide bonds. The van der Waals surface area contributed by atoms with Crippen molar-refractivity contribution in [2.45, 2.75) is 27.0 Å². The summed E-state index contributed by atoms with van der Waals surface area (Å²) in [4.78, 5) is 14.9. The second-order valence-electron chi connectivity index (χ2n) is 5.96. The summed E-state index contributed by atoms with van der Waals surface area (Å²) >= 11 is 6.28. The molecule has 2 aromatic heterocycles. The molecule has 0 saturated heterocycles. The van der Waals surface area contributed by atoms with Crippen molar-refractivity contribution in [2.75, 3.05) is 0 Å². The number of fused-ring (bicyclic) bond motifs is 1. The lowest BCUT2D eigenvalue weighted by molar-refractivity contribution is -0.123. The average Bonchev–Trinajstić information content (AvgIpc) is 3.22. The minimum atomic E-state index is -0.687. The number of aromatic nitrogens is 2. The molecule has 2 heterocycles. The van der Waals surface area contributed by atoms with Gasteiger partial charge in [-0.1, -0.05) is 16.8 Å². The van der Waals surface area contributed by atoms with Gasteiger partial charge in [-0.25, -0.2) is 0 Å². The topological polar surface area (TPSA) is 104 Å². The van der Waals surface area contributed by atoms with Crippen molar-refractivity contribution in [1.29, 1.82) is 5.26 Å². The molecule has 8 heteroatoms. The SMILES string of the molecule is Cc1cc(COc2cc3[nH]c(CNC(=O)[C@H](C)C#N)cc3cc2Cl)on1. The number of ether oxygens (including phenoxy) is 1. The maximum atomic E-state index is 11.7. The third-order valence-electron chi connectivity index (χ3n) is 3.82. The summed E-state index contributed by atoms with van der Waals surface area (Å²) in [6.07, 6.45) is 0. The zero-order valence-corrected chi connectivity index (χ0v) is 15.1. The minimum absolute atomic E-state index is 0.224. The van der Waals surface area contributed by atoms with Crippen LogP contribution in [0.2, 0.25) is 5.02 Å². The van der Waals surface area contributed by atoms with Gasteiger partial charge in [-0.15, -0.1) is 0 Å². The number of aromatic amines is 1. The summed E-state index contributed by atoms with van der Waals surface area (Å²) in [7, 11) is 0. The maximum absolute atomic E-state index is 11.7. The number of amides is 1. The smallest absolute Gasteiger partial charge is 0.237 e. The van der Waals surface area contributed by atoms with Crippen molar-refractivity contribution in [2.24, 2.45) is 5.92 Å². The minimum Gasteiger partial charge on any atom is -0.484 e. The second kappa shape index (κ2) is 7.50. The molecule has 0 radical (unpaired) electrons. The Morgan fingerprint density at radius 1 is 1.46 bits per heavy atom. The first kappa shape index (κ1) is 17.8. The van der Waals surface area contributed by atoms with Crippen LogP contribution >= 0.6 is 11.6 Å². The number of aryl methyl sites for hydroxylation is 1. The molecule has 1 aromatic carbocycles. The van der Waals surface area contributed by atoms with Crippen molar-refractivity contribution in [3.63, 3.8) is 0 Å². The van der Waals surface area contributed by atoms with Gasteiger partial charge < -0.3 is 19.6 Å². The van der Waals surface area contributed by atoms with E-state index in [0.29, 0.717) is 23.1 Å². The van der Waals surface area contributed by atoms with Crippen molar-refractivity contribution >= 4 is 28.4 Å². The van der Waals surface area contributed by atoms with Crippen molar-refractivity contribution in [3.05, 3.63) is 46.4 Å².